The molecule has 2 nitrogen and oxygen atoms in total. The lowest BCUT2D eigenvalue weighted by Crippen LogP contribution is -2.21. The number of hydrogen-bond donors (Lipinski definition) is 0. The van der Waals surface area contributed by atoms with Crippen LogP contribution in [0.1, 0.15) is 57.4 Å². The Labute approximate surface area is 93.0 Å². The van der Waals surface area contributed by atoms with Crippen LogP contribution < -0.4 is 0 Å². The summed E-state index contributed by atoms with van der Waals surface area (Å²) in [5.41, 5.74) is -0.0307. The van der Waals surface area contributed by atoms with E-state index in [1.165, 1.54) is 0 Å². The van der Waals surface area contributed by atoms with Gasteiger partial charge in [-0.15, -0.1) is 0 Å². The highest BCUT2D eigenvalue weighted by molar-refractivity contribution is 4.57. The lowest BCUT2D eigenvalue weighted by atomic mass is 10.2. The Morgan fingerprint density at radius 1 is 0.857 bits per heavy atom. The van der Waals surface area contributed by atoms with Crippen LogP contribution in [0.3, 0.4) is 0 Å². The lowest BCUT2D eigenvalue weighted by molar-refractivity contribution is -0.0331. The summed E-state index contributed by atoms with van der Waals surface area (Å²) >= 11 is 0. The average molecular weight is 210 g/mol. The van der Waals surface area contributed by atoms with E-state index in [1.54, 1.807) is 0 Å². The Bertz CT molecular complexity index is 74.9. The fourth-order valence-corrected chi connectivity index (χ4v) is 0.551. The molecular formula is C12H34O2. The summed E-state index contributed by atoms with van der Waals surface area (Å²) in [5, 5.41) is 0. The van der Waals surface area contributed by atoms with Gasteiger partial charge in [0.1, 0.15) is 0 Å². The van der Waals surface area contributed by atoms with Crippen LogP contribution in [0.2, 0.25) is 0 Å². The highest BCUT2D eigenvalue weighted by Crippen LogP contribution is 2.05. The van der Waals surface area contributed by atoms with E-state index in [9.17, 15) is 0 Å². The van der Waals surface area contributed by atoms with Crippen molar-refractivity contribution in [1.29, 1.82) is 0 Å². The number of ether oxygens (including phenoxy) is 2. The first-order valence-electron chi connectivity index (χ1n) is 3.78. The van der Waals surface area contributed by atoms with Gasteiger partial charge in [-0.1, -0.05) is 29.7 Å². The third-order valence-corrected chi connectivity index (χ3v) is 0.967. The van der Waals surface area contributed by atoms with Crippen molar-refractivity contribution >= 4 is 0 Å². The molecule has 0 saturated carbocycles. The molecule has 0 atom stereocenters. The first kappa shape index (κ1) is 29.2. The summed E-state index contributed by atoms with van der Waals surface area (Å²) in [6.45, 7) is 10.3. The molecule has 0 aromatic carbocycles. The molecule has 0 aromatic heterocycles. The van der Waals surface area contributed by atoms with Crippen LogP contribution in [0, 0.1) is 0 Å². The second-order valence-corrected chi connectivity index (χ2v) is 3.16. The van der Waals surface area contributed by atoms with Crippen LogP contribution in [0.25, 0.3) is 0 Å². The second-order valence-electron chi connectivity index (χ2n) is 3.16. The minimum absolute atomic E-state index is 0. The molecule has 0 saturated heterocycles. The molecule has 14 heavy (non-hydrogen) atoms. The van der Waals surface area contributed by atoms with E-state index in [2.05, 4.69) is 0 Å². The molecule has 0 unspecified atom stereocenters. The second kappa shape index (κ2) is 15.4. The van der Waals surface area contributed by atoms with Crippen LogP contribution in [0.4, 0.5) is 0 Å². The van der Waals surface area contributed by atoms with Crippen LogP contribution in [-0.2, 0) is 9.47 Å². The molecule has 0 aliphatic carbocycles. The fourth-order valence-electron chi connectivity index (χ4n) is 0.551. The van der Waals surface area contributed by atoms with Crippen molar-refractivity contribution < 1.29 is 9.47 Å². The normalized spacial score (nSPS) is 8.57. The minimum atomic E-state index is -0.0307. The van der Waals surface area contributed by atoms with Gasteiger partial charge in [0.2, 0.25) is 0 Å². The Hall–Kier alpha value is -0.0800. The maximum absolute atomic E-state index is 5.41. The Balaban J connectivity index is -0.0000000675. The third kappa shape index (κ3) is 29.7. The van der Waals surface area contributed by atoms with E-state index in [1.807, 2.05) is 27.7 Å². The Morgan fingerprint density at radius 2 is 1.29 bits per heavy atom. The van der Waals surface area contributed by atoms with Crippen LogP contribution in [-0.4, -0.2) is 25.4 Å². The monoisotopic (exact) mass is 210 g/mol. The van der Waals surface area contributed by atoms with Crippen molar-refractivity contribution in [2.45, 2.75) is 63.0 Å². The van der Waals surface area contributed by atoms with Crippen molar-refractivity contribution in [3.8, 4) is 0 Å². The molecule has 2 heteroatoms. The zero-order valence-corrected chi connectivity index (χ0v) is 7.44. The minimum Gasteiger partial charge on any atom is -0.379 e. The molecule has 94 valence electrons. The van der Waals surface area contributed by atoms with Gasteiger partial charge in [0, 0.05) is 6.61 Å². The van der Waals surface area contributed by atoms with Crippen molar-refractivity contribution in [1.82, 2.24) is 0 Å². The summed E-state index contributed by atoms with van der Waals surface area (Å²) in [6.07, 6.45) is 0. The topological polar surface area (TPSA) is 18.5 Å². The molecule has 0 bridgehead atoms. The Kier molecular flexibility index (Phi) is 32.1. The third-order valence-electron chi connectivity index (χ3n) is 0.967. The smallest absolute Gasteiger partial charge is 0.0707 e. The summed E-state index contributed by atoms with van der Waals surface area (Å²) in [4.78, 5) is 0. The van der Waals surface area contributed by atoms with Crippen LogP contribution >= 0.6 is 0 Å². The maximum Gasteiger partial charge on any atom is 0.0707 e. The van der Waals surface area contributed by atoms with E-state index in [-0.39, 0.29) is 35.3 Å². The molecule has 0 radical (unpaired) electrons. The number of hydrogen-bond acceptors (Lipinski definition) is 2. The molecule has 0 N–H and O–H groups in total. The maximum atomic E-state index is 5.41. The summed E-state index contributed by atoms with van der Waals surface area (Å²) in [5.74, 6) is 0. The van der Waals surface area contributed by atoms with Crippen molar-refractivity contribution in [2.24, 2.45) is 0 Å². The van der Waals surface area contributed by atoms with Crippen LogP contribution in [0.5, 0.6) is 0 Å². The zero-order chi connectivity index (χ0) is 8.04. The standard InChI is InChI=1S/C8H18O2.4CH4/c1-5-9-6-7-10-8(2,3)4;;;;/h5-7H2,1-4H3;4*1H4. The molecule has 0 amide bonds. The molecule has 0 aromatic rings. The highest BCUT2D eigenvalue weighted by atomic mass is 16.5. The average Bonchev–Trinajstić information content (AvgIpc) is 1.78. The summed E-state index contributed by atoms with van der Waals surface area (Å²) in [7, 11) is 0. The molecular weight excluding hydrogens is 176 g/mol. The predicted molar refractivity (Wildman–Crippen MR) is 69.1 cm³/mol. The highest BCUT2D eigenvalue weighted by Gasteiger charge is 2.08. The van der Waals surface area contributed by atoms with Gasteiger partial charge < -0.3 is 9.47 Å². The van der Waals surface area contributed by atoms with E-state index in [0.29, 0.717) is 13.2 Å². The number of rotatable bonds is 4. The van der Waals surface area contributed by atoms with Gasteiger partial charge in [-0.3, -0.25) is 0 Å². The van der Waals surface area contributed by atoms with Gasteiger partial charge in [-0.25, -0.2) is 0 Å². The van der Waals surface area contributed by atoms with E-state index in [0.717, 1.165) is 6.61 Å². The summed E-state index contributed by atoms with van der Waals surface area (Å²) in [6, 6.07) is 0. The van der Waals surface area contributed by atoms with Crippen LogP contribution in [0.15, 0.2) is 0 Å². The molecule has 0 fully saturated rings. The van der Waals surface area contributed by atoms with E-state index >= 15 is 0 Å². The first-order chi connectivity index (χ1) is 4.56. The van der Waals surface area contributed by atoms with Gasteiger partial charge in [0.05, 0.1) is 18.8 Å². The molecule has 0 spiro atoms. The largest absolute Gasteiger partial charge is 0.379 e. The molecule has 0 aliphatic heterocycles. The fraction of sp³-hybridized carbons (Fsp3) is 1.00. The van der Waals surface area contributed by atoms with Crippen molar-refractivity contribution in [2.75, 3.05) is 19.8 Å². The van der Waals surface area contributed by atoms with Crippen molar-refractivity contribution in [3.05, 3.63) is 0 Å². The van der Waals surface area contributed by atoms with Gasteiger partial charge >= 0.3 is 0 Å². The quantitative estimate of drug-likeness (QED) is 0.641. The van der Waals surface area contributed by atoms with E-state index < -0.39 is 0 Å². The lowest BCUT2D eigenvalue weighted by Gasteiger charge is -2.19. The molecule has 0 aliphatic rings. The van der Waals surface area contributed by atoms with Gasteiger partial charge in [0.15, 0.2) is 0 Å². The van der Waals surface area contributed by atoms with Gasteiger partial charge in [-0.05, 0) is 27.7 Å². The molecule has 0 heterocycles. The predicted octanol–water partition coefficient (Wildman–Crippen LogP) is 4.38. The Morgan fingerprint density at radius 3 is 1.57 bits per heavy atom. The van der Waals surface area contributed by atoms with E-state index in [4.69, 9.17) is 9.47 Å². The first-order valence-corrected chi connectivity index (χ1v) is 3.78. The van der Waals surface area contributed by atoms with Gasteiger partial charge in [-0.2, -0.15) is 0 Å². The van der Waals surface area contributed by atoms with Gasteiger partial charge in [0.25, 0.3) is 0 Å². The summed E-state index contributed by atoms with van der Waals surface area (Å²) < 4.78 is 10.5. The zero-order valence-electron chi connectivity index (χ0n) is 7.44. The SMILES string of the molecule is C.C.C.C.CCOCCOC(C)(C)C. The van der Waals surface area contributed by atoms with Crippen molar-refractivity contribution in [3.63, 3.8) is 0 Å². The molecule has 0 rings (SSSR count).